The van der Waals surface area contributed by atoms with E-state index in [9.17, 15) is 4.79 Å². The lowest BCUT2D eigenvalue weighted by Gasteiger charge is -2.32. The standard InChI is InChI=1S/C23H23N7O3S/c1-14(2)20-26-22(33-28-20)16-7-9-30(10-8-16)21-18(11-31)23(25-13-24-21)32-17-5-3-15(4-6-17)19-12-34-29-27-19/h3-6,11-14,16H,7-10H2,1-2H3. The molecule has 1 aliphatic rings. The predicted molar refractivity (Wildman–Crippen MR) is 125 cm³/mol. The highest BCUT2D eigenvalue weighted by atomic mass is 32.1. The number of aldehydes is 1. The van der Waals surface area contributed by atoms with Crippen molar-refractivity contribution < 1.29 is 14.1 Å². The molecule has 34 heavy (non-hydrogen) atoms. The summed E-state index contributed by atoms with van der Waals surface area (Å²) in [7, 11) is 0. The summed E-state index contributed by atoms with van der Waals surface area (Å²) in [6, 6.07) is 7.40. The van der Waals surface area contributed by atoms with Crippen LogP contribution >= 0.6 is 11.5 Å². The van der Waals surface area contributed by atoms with E-state index in [0.29, 0.717) is 36.1 Å². The Labute approximate surface area is 200 Å². The average molecular weight is 478 g/mol. The quantitative estimate of drug-likeness (QED) is 0.352. The summed E-state index contributed by atoms with van der Waals surface area (Å²) in [5.41, 5.74) is 2.07. The fourth-order valence-electron chi connectivity index (χ4n) is 3.89. The van der Waals surface area contributed by atoms with E-state index in [0.717, 1.165) is 36.2 Å². The van der Waals surface area contributed by atoms with Gasteiger partial charge in [0, 0.05) is 35.9 Å². The zero-order chi connectivity index (χ0) is 23.5. The lowest BCUT2D eigenvalue weighted by atomic mass is 9.96. The number of piperidine rings is 1. The number of aromatic nitrogens is 6. The number of carbonyl (C=O) groups is 1. The first-order chi connectivity index (χ1) is 16.6. The monoisotopic (exact) mass is 477 g/mol. The van der Waals surface area contributed by atoms with Crippen molar-refractivity contribution in [2.75, 3.05) is 18.0 Å². The minimum atomic E-state index is 0.194. The number of carbonyl (C=O) groups excluding carboxylic acids is 1. The molecule has 0 aliphatic carbocycles. The van der Waals surface area contributed by atoms with E-state index in [-0.39, 0.29) is 17.7 Å². The third-order valence-electron chi connectivity index (χ3n) is 5.79. The Balaban J connectivity index is 1.29. The first-order valence-corrected chi connectivity index (χ1v) is 11.9. The highest BCUT2D eigenvalue weighted by molar-refractivity contribution is 7.03. The normalized spacial score (nSPS) is 14.5. The molecule has 4 heterocycles. The van der Waals surface area contributed by atoms with Crippen LogP contribution in [0.15, 0.2) is 40.5 Å². The number of rotatable bonds is 7. The molecule has 0 N–H and O–H groups in total. The summed E-state index contributed by atoms with van der Waals surface area (Å²) >= 11 is 1.30. The molecule has 0 unspecified atom stereocenters. The topological polar surface area (TPSA) is 120 Å². The van der Waals surface area contributed by atoms with E-state index in [1.807, 2.05) is 43.5 Å². The summed E-state index contributed by atoms with van der Waals surface area (Å²) in [6.07, 6.45) is 3.82. The van der Waals surface area contributed by atoms with E-state index >= 15 is 0 Å². The Kier molecular flexibility index (Phi) is 6.26. The molecule has 1 fully saturated rings. The maximum absolute atomic E-state index is 12.0. The van der Waals surface area contributed by atoms with Gasteiger partial charge in [-0.15, -0.1) is 5.10 Å². The van der Waals surface area contributed by atoms with E-state index in [4.69, 9.17) is 9.26 Å². The van der Waals surface area contributed by atoms with Crippen molar-refractivity contribution in [3.63, 3.8) is 0 Å². The molecule has 1 aromatic carbocycles. The molecule has 0 amide bonds. The van der Waals surface area contributed by atoms with Gasteiger partial charge in [0.25, 0.3) is 0 Å². The van der Waals surface area contributed by atoms with Gasteiger partial charge < -0.3 is 14.2 Å². The SMILES string of the molecule is CC(C)c1noc(C2CCN(c3ncnc(Oc4ccc(-c5csnn5)cc4)c3C=O)CC2)n1. The lowest BCUT2D eigenvalue weighted by molar-refractivity contribution is 0.112. The molecular weight excluding hydrogens is 454 g/mol. The summed E-state index contributed by atoms with van der Waals surface area (Å²) in [6.45, 7) is 5.49. The zero-order valence-electron chi connectivity index (χ0n) is 18.8. The van der Waals surface area contributed by atoms with Crippen LogP contribution in [-0.2, 0) is 0 Å². The van der Waals surface area contributed by atoms with E-state index in [1.54, 1.807) is 0 Å². The molecule has 10 nitrogen and oxygen atoms in total. The summed E-state index contributed by atoms with van der Waals surface area (Å²) in [5.74, 6) is 3.20. The molecule has 174 valence electrons. The van der Waals surface area contributed by atoms with E-state index in [1.165, 1.54) is 17.9 Å². The van der Waals surface area contributed by atoms with Gasteiger partial charge in [-0.3, -0.25) is 4.79 Å². The molecule has 1 saturated heterocycles. The number of nitrogens with zero attached hydrogens (tertiary/aromatic N) is 7. The molecule has 4 aromatic rings. The molecule has 0 saturated carbocycles. The van der Waals surface area contributed by atoms with Crippen LogP contribution in [0.2, 0.25) is 0 Å². The van der Waals surface area contributed by atoms with E-state index in [2.05, 4.69) is 34.6 Å². The lowest BCUT2D eigenvalue weighted by Crippen LogP contribution is -2.34. The van der Waals surface area contributed by atoms with Gasteiger partial charge in [0.1, 0.15) is 29.2 Å². The number of anilines is 1. The Hall–Kier alpha value is -3.73. The number of ether oxygens (including phenoxy) is 1. The Morgan fingerprint density at radius 1 is 1.18 bits per heavy atom. The molecule has 0 bridgehead atoms. The van der Waals surface area contributed by atoms with Crippen molar-refractivity contribution in [2.24, 2.45) is 0 Å². The van der Waals surface area contributed by atoms with Crippen LogP contribution in [0.4, 0.5) is 5.82 Å². The van der Waals surface area contributed by atoms with Crippen molar-refractivity contribution in [1.82, 2.24) is 29.7 Å². The van der Waals surface area contributed by atoms with Crippen LogP contribution < -0.4 is 9.64 Å². The summed E-state index contributed by atoms with van der Waals surface area (Å²) < 4.78 is 15.3. The Morgan fingerprint density at radius 3 is 2.62 bits per heavy atom. The fourth-order valence-corrected chi connectivity index (χ4v) is 4.35. The van der Waals surface area contributed by atoms with Crippen LogP contribution in [0.25, 0.3) is 11.3 Å². The smallest absolute Gasteiger partial charge is 0.235 e. The molecule has 1 aliphatic heterocycles. The Morgan fingerprint density at radius 2 is 1.97 bits per heavy atom. The van der Waals surface area contributed by atoms with Gasteiger partial charge in [-0.25, -0.2) is 9.97 Å². The van der Waals surface area contributed by atoms with Crippen molar-refractivity contribution in [2.45, 2.75) is 38.5 Å². The second kappa shape index (κ2) is 9.64. The highest BCUT2D eigenvalue weighted by Crippen LogP contribution is 2.33. The van der Waals surface area contributed by atoms with Gasteiger partial charge in [0.15, 0.2) is 12.1 Å². The number of hydrogen-bond donors (Lipinski definition) is 0. The van der Waals surface area contributed by atoms with Gasteiger partial charge in [-0.1, -0.05) is 23.5 Å². The van der Waals surface area contributed by atoms with Crippen LogP contribution in [0.5, 0.6) is 11.6 Å². The van der Waals surface area contributed by atoms with Crippen molar-refractivity contribution in [1.29, 1.82) is 0 Å². The molecule has 0 spiro atoms. The first-order valence-electron chi connectivity index (χ1n) is 11.1. The van der Waals surface area contributed by atoms with Gasteiger partial charge in [-0.2, -0.15) is 4.98 Å². The van der Waals surface area contributed by atoms with Gasteiger partial charge in [-0.05, 0) is 48.6 Å². The minimum absolute atomic E-state index is 0.194. The van der Waals surface area contributed by atoms with Gasteiger partial charge in [0.05, 0.1) is 0 Å². The van der Waals surface area contributed by atoms with Crippen molar-refractivity contribution in [3.05, 3.63) is 53.3 Å². The summed E-state index contributed by atoms with van der Waals surface area (Å²) in [4.78, 5) is 27.2. The van der Waals surface area contributed by atoms with Gasteiger partial charge in [0.2, 0.25) is 11.8 Å². The third-order valence-corrected chi connectivity index (χ3v) is 6.29. The molecule has 11 heteroatoms. The minimum Gasteiger partial charge on any atom is -0.438 e. The molecule has 5 rings (SSSR count). The average Bonchev–Trinajstić information content (AvgIpc) is 3.58. The van der Waals surface area contributed by atoms with Gasteiger partial charge >= 0.3 is 0 Å². The maximum Gasteiger partial charge on any atom is 0.235 e. The molecule has 3 aromatic heterocycles. The van der Waals surface area contributed by atoms with E-state index < -0.39 is 0 Å². The molecular formula is C23H23N7O3S. The predicted octanol–water partition coefficient (Wildman–Crippen LogP) is 4.49. The second-order valence-electron chi connectivity index (χ2n) is 8.36. The maximum atomic E-state index is 12.0. The third kappa shape index (κ3) is 4.51. The van der Waals surface area contributed by atoms with Crippen LogP contribution in [0.3, 0.4) is 0 Å². The molecule has 0 atom stereocenters. The highest BCUT2D eigenvalue weighted by Gasteiger charge is 2.28. The van der Waals surface area contributed by atoms with Crippen molar-refractivity contribution >= 4 is 23.6 Å². The first kappa shape index (κ1) is 22.1. The second-order valence-corrected chi connectivity index (χ2v) is 8.97. The van der Waals surface area contributed by atoms with Crippen LogP contribution in [0, 0.1) is 0 Å². The van der Waals surface area contributed by atoms with Crippen LogP contribution in [0.1, 0.15) is 60.6 Å². The number of benzene rings is 1. The Bertz CT molecular complexity index is 1250. The number of hydrogen-bond acceptors (Lipinski definition) is 11. The van der Waals surface area contributed by atoms with Crippen LogP contribution in [-0.4, -0.2) is 49.1 Å². The van der Waals surface area contributed by atoms with Crippen molar-refractivity contribution in [3.8, 4) is 22.9 Å². The zero-order valence-corrected chi connectivity index (χ0v) is 19.6. The molecule has 0 radical (unpaired) electrons. The fraction of sp³-hybridized carbons (Fsp3) is 0.348. The summed E-state index contributed by atoms with van der Waals surface area (Å²) in [5, 5.41) is 10.0. The largest absolute Gasteiger partial charge is 0.438 e.